The van der Waals surface area contributed by atoms with Gasteiger partial charge in [0.25, 0.3) is 0 Å². The molecular weight excluding hydrogens is 269 g/mol. The largest absolute Gasteiger partial charge is 0.298 e. The van der Waals surface area contributed by atoms with Crippen molar-refractivity contribution in [3.05, 3.63) is 48.5 Å². The molecule has 0 N–H and O–H groups in total. The van der Waals surface area contributed by atoms with Gasteiger partial charge in [0.1, 0.15) is 17.9 Å². The normalized spacial score (nSPS) is 11.0. The van der Waals surface area contributed by atoms with Crippen molar-refractivity contribution in [3.63, 3.8) is 0 Å². The van der Waals surface area contributed by atoms with Gasteiger partial charge in [-0.05, 0) is 23.8 Å². The van der Waals surface area contributed by atoms with E-state index >= 15 is 0 Å². The summed E-state index contributed by atoms with van der Waals surface area (Å²) in [5, 5.41) is 4.19. The fourth-order valence-corrected chi connectivity index (χ4v) is 2.19. The fraction of sp³-hybridized carbons (Fsp3) is 0.188. The van der Waals surface area contributed by atoms with Gasteiger partial charge >= 0.3 is 0 Å². The van der Waals surface area contributed by atoms with Crippen LogP contribution in [0.25, 0.3) is 22.2 Å². The second kappa shape index (κ2) is 5.44. The number of halogens is 1. The van der Waals surface area contributed by atoms with Crippen LogP contribution in [0, 0.1) is 5.82 Å². The van der Waals surface area contributed by atoms with Crippen LogP contribution >= 0.6 is 0 Å². The van der Waals surface area contributed by atoms with E-state index in [9.17, 15) is 9.18 Å². The fourth-order valence-electron chi connectivity index (χ4n) is 2.19. The van der Waals surface area contributed by atoms with Crippen molar-refractivity contribution in [1.29, 1.82) is 0 Å². The van der Waals surface area contributed by atoms with Crippen LogP contribution in [0.1, 0.15) is 13.3 Å². The summed E-state index contributed by atoms with van der Waals surface area (Å²) in [5.74, 6) is -0.182. The number of carbonyl (C=O) groups is 1. The van der Waals surface area contributed by atoms with Crippen LogP contribution < -0.4 is 0 Å². The molecule has 0 spiro atoms. The van der Waals surface area contributed by atoms with E-state index in [0.717, 1.165) is 22.2 Å². The van der Waals surface area contributed by atoms with Gasteiger partial charge in [0, 0.05) is 18.2 Å². The van der Waals surface area contributed by atoms with E-state index in [1.807, 2.05) is 19.1 Å². The van der Waals surface area contributed by atoms with E-state index < -0.39 is 0 Å². The van der Waals surface area contributed by atoms with Gasteiger partial charge in [-0.1, -0.05) is 19.1 Å². The summed E-state index contributed by atoms with van der Waals surface area (Å²) in [6, 6.07) is 8.23. The molecule has 3 aromatic rings. The van der Waals surface area contributed by atoms with Crippen LogP contribution in [0.15, 0.2) is 42.7 Å². The van der Waals surface area contributed by atoms with Crippen LogP contribution in [0.3, 0.4) is 0 Å². The molecule has 21 heavy (non-hydrogen) atoms. The third-order valence-corrected chi connectivity index (χ3v) is 3.37. The molecule has 0 bridgehead atoms. The Balaban J connectivity index is 2.06. The molecule has 0 aliphatic rings. The molecule has 0 aliphatic heterocycles. The summed E-state index contributed by atoms with van der Waals surface area (Å²) in [5.41, 5.74) is 3.05. The number of carbonyl (C=O) groups excluding carboxylic acids is 1. The minimum absolute atomic E-state index is 0.108. The first kappa shape index (κ1) is 13.4. The molecule has 4 nitrogen and oxygen atoms in total. The number of fused-ring (bicyclic) bond motifs is 1. The van der Waals surface area contributed by atoms with Crippen LogP contribution in [-0.2, 0) is 11.3 Å². The molecule has 3 rings (SSSR count). The maximum absolute atomic E-state index is 13.3. The lowest BCUT2D eigenvalue weighted by Crippen LogP contribution is -2.09. The van der Waals surface area contributed by atoms with E-state index in [4.69, 9.17) is 0 Å². The molecule has 0 saturated carbocycles. The Hall–Kier alpha value is -2.56. The molecule has 106 valence electrons. The predicted molar refractivity (Wildman–Crippen MR) is 78.2 cm³/mol. The topological polar surface area (TPSA) is 47.8 Å². The first-order valence-corrected chi connectivity index (χ1v) is 6.76. The Kier molecular flexibility index (Phi) is 3.48. The molecule has 0 amide bonds. The number of nitrogens with zero attached hydrogens (tertiary/aromatic N) is 3. The van der Waals surface area contributed by atoms with Crippen molar-refractivity contribution in [1.82, 2.24) is 14.8 Å². The van der Waals surface area contributed by atoms with Gasteiger partial charge in [-0.25, -0.2) is 4.39 Å². The van der Waals surface area contributed by atoms with Crippen molar-refractivity contribution in [2.24, 2.45) is 0 Å². The first-order valence-electron chi connectivity index (χ1n) is 6.76. The predicted octanol–water partition coefficient (Wildman–Crippen LogP) is 3.22. The second-order valence-corrected chi connectivity index (χ2v) is 4.83. The smallest absolute Gasteiger partial charge is 0.154 e. The lowest BCUT2D eigenvalue weighted by Gasteiger charge is -2.04. The van der Waals surface area contributed by atoms with Crippen molar-refractivity contribution in [3.8, 4) is 11.1 Å². The average molecular weight is 283 g/mol. The highest BCUT2D eigenvalue weighted by atomic mass is 19.1. The third-order valence-electron chi connectivity index (χ3n) is 3.37. The van der Waals surface area contributed by atoms with Gasteiger partial charge in [-0.2, -0.15) is 5.10 Å². The Bertz CT molecular complexity index is 810. The molecule has 0 radical (unpaired) electrons. The second-order valence-electron chi connectivity index (χ2n) is 4.83. The molecular formula is C16H14FN3O. The van der Waals surface area contributed by atoms with Crippen LogP contribution in [0.5, 0.6) is 0 Å². The van der Waals surface area contributed by atoms with Crippen molar-refractivity contribution >= 4 is 16.8 Å². The molecule has 2 aromatic heterocycles. The zero-order valence-electron chi connectivity index (χ0n) is 11.6. The molecule has 0 atom stereocenters. The van der Waals surface area contributed by atoms with Gasteiger partial charge in [0.15, 0.2) is 5.78 Å². The first-order chi connectivity index (χ1) is 10.2. The summed E-state index contributed by atoms with van der Waals surface area (Å²) >= 11 is 0. The summed E-state index contributed by atoms with van der Waals surface area (Å²) < 4.78 is 15.0. The maximum atomic E-state index is 13.3. The van der Waals surface area contributed by atoms with Gasteiger partial charge in [-0.3, -0.25) is 14.5 Å². The van der Waals surface area contributed by atoms with Crippen LogP contribution in [-0.4, -0.2) is 20.5 Å². The lowest BCUT2D eigenvalue weighted by molar-refractivity contribution is -0.119. The molecule has 0 aliphatic carbocycles. The summed E-state index contributed by atoms with van der Waals surface area (Å²) in [7, 11) is 0. The van der Waals surface area contributed by atoms with E-state index in [2.05, 4.69) is 10.1 Å². The highest BCUT2D eigenvalue weighted by molar-refractivity contribution is 5.83. The number of benzene rings is 1. The third kappa shape index (κ3) is 2.67. The number of pyridine rings is 1. The summed E-state index contributed by atoms with van der Waals surface area (Å²) in [4.78, 5) is 15.9. The monoisotopic (exact) mass is 283 g/mol. The minimum atomic E-state index is -0.290. The van der Waals surface area contributed by atoms with E-state index in [0.29, 0.717) is 6.42 Å². The Labute approximate surface area is 121 Å². The van der Waals surface area contributed by atoms with E-state index in [1.165, 1.54) is 12.1 Å². The molecule has 0 fully saturated rings. The number of rotatable bonds is 4. The van der Waals surface area contributed by atoms with E-state index in [-0.39, 0.29) is 18.1 Å². The molecule has 1 aromatic carbocycles. The van der Waals surface area contributed by atoms with Crippen LogP contribution in [0.4, 0.5) is 4.39 Å². The molecule has 2 heterocycles. The van der Waals surface area contributed by atoms with Crippen molar-refractivity contribution in [2.75, 3.05) is 0 Å². The van der Waals surface area contributed by atoms with Gasteiger partial charge in [0.05, 0.1) is 11.7 Å². The minimum Gasteiger partial charge on any atom is -0.298 e. The quantitative estimate of drug-likeness (QED) is 0.738. The van der Waals surface area contributed by atoms with E-state index in [1.54, 1.807) is 23.1 Å². The summed E-state index contributed by atoms with van der Waals surface area (Å²) in [6.45, 7) is 2.05. The zero-order valence-corrected chi connectivity index (χ0v) is 11.6. The zero-order chi connectivity index (χ0) is 14.8. The molecule has 0 unspecified atom stereocenters. The summed E-state index contributed by atoms with van der Waals surface area (Å²) in [6.07, 6.45) is 3.79. The number of Topliss-reactive ketones (excluding diaryl/α,β-unsaturated/α-hetero) is 1. The van der Waals surface area contributed by atoms with Gasteiger partial charge in [0.2, 0.25) is 0 Å². The number of hydrogen-bond donors (Lipinski definition) is 0. The Morgan fingerprint density at radius 3 is 2.86 bits per heavy atom. The Morgan fingerprint density at radius 1 is 1.24 bits per heavy atom. The number of hydrogen-bond acceptors (Lipinski definition) is 3. The standard InChI is InChI=1S/C16H14FN3O/c1-2-14(21)10-20-16-7-12(8-18-15(16)9-19-20)11-4-3-5-13(17)6-11/h3-9H,2,10H2,1H3. The lowest BCUT2D eigenvalue weighted by atomic mass is 10.1. The van der Waals surface area contributed by atoms with Gasteiger partial charge < -0.3 is 0 Å². The Morgan fingerprint density at radius 2 is 2.10 bits per heavy atom. The molecule has 0 saturated heterocycles. The number of aromatic nitrogens is 3. The SMILES string of the molecule is CCC(=O)Cn1ncc2ncc(-c3cccc(F)c3)cc21. The van der Waals surface area contributed by atoms with Crippen molar-refractivity contribution < 1.29 is 9.18 Å². The molecule has 5 heteroatoms. The van der Waals surface area contributed by atoms with Crippen molar-refractivity contribution in [2.45, 2.75) is 19.9 Å². The van der Waals surface area contributed by atoms with Gasteiger partial charge in [-0.15, -0.1) is 0 Å². The average Bonchev–Trinajstić information content (AvgIpc) is 2.89. The maximum Gasteiger partial charge on any atom is 0.154 e. The van der Waals surface area contributed by atoms with Crippen LogP contribution in [0.2, 0.25) is 0 Å². The number of ketones is 1. The highest BCUT2D eigenvalue weighted by Crippen LogP contribution is 2.23. The highest BCUT2D eigenvalue weighted by Gasteiger charge is 2.09.